The van der Waals surface area contributed by atoms with Crippen molar-refractivity contribution in [1.29, 1.82) is 0 Å². The Morgan fingerprint density at radius 3 is 2.82 bits per heavy atom. The van der Waals surface area contributed by atoms with Crippen LogP contribution in [0.3, 0.4) is 0 Å². The SMILES string of the molecule is CN(CC(O)C1CC1)C(=O)NC1CC=CCC1. The molecule has 4 nitrogen and oxygen atoms in total. The van der Waals surface area contributed by atoms with E-state index >= 15 is 0 Å². The molecule has 0 aliphatic heterocycles. The van der Waals surface area contributed by atoms with Crippen molar-refractivity contribution in [2.45, 2.75) is 44.2 Å². The normalized spacial score (nSPS) is 25.4. The van der Waals surface area contributed by atoms with Crippen LogP contribution in [0, 0.1) is 5.92 Å². The van der Waals surface area contributed by atoms with E-state index in [-0.39, 0.29) is 18.2 Å². The quantitative estimate of drug-likeness (QED) is 0.729. The molecule has 2 amide bonds. The lowest BCUT2D eigenvalue weighted by atomic mass is 10.0. The molecule has 1 fully saturated rings. The minimum Gasteiger partial charge on any atom is -0.391 e. The summed E-state index contributed by atoms with van der Waals surface area (Å²) in [5, 5.41) is 12.8. The van der Waals surface area contributed by atoms with Crippen LogP contribution in [0.4, 0.5) is 4.79 Å². The summed E-state index contributed by atoms with van der Waals surface area (Å²) in [4.78, 5) is 13.5. The van der Waals surface area contributed by atoms with Crippen molar-refractivity contribution in [3.05, 3.63) is 12.2 Å². The number of carbonyl (C=O) groups excluding carboxylic acids is 1. The molecule has 0 aromatic rings. The van der Waals surface area contributed by atoms with Crippen LogP contribution >= 0.6 is 0 Å². The van der Waals surface area contributed by atoms with Gasteiger partial charge in [-0.25, -0.2) is 4.79 Å². The summed E-state index contributed by atoms with van der Waals surface area (Å²) in [5.74, 6) is 0.419. The second kappa shape index (κ2) is 5.54. The summed E-state index contributed by atoms with van der Waals surface area (Å²) in [6.45, 7) is 0.444. The Balaban J connectivity index is 1.72. The first-order valence-electron chi connectivity index (χ1n) is 6.51. The zero-order valence-electron chi connectivity index (χ0n) is 10.4. The van der Waals surface area contributed by atoms with Crippen LogP contribution in [0.5, 0.6) is 0 Å². The van der Waals surface area contributed by atoms with Crippen molar-refractivity contribution in [2.24, 2.45) is 5.92 Å². The summed E-state index contributed by atoms with van der Waals surface area (Å²) in [6.07, 6.45) is 9.10. The third-order valence-corrected chi connectivity index (χ3v) is 3.57. The minimum absolute atomic E-state index is 0.0648. The summed E-state index contributed by atoms with van der Waals surface area (Å²) in [5.41, 5.74) is 0. The highest BCUT2D eigenvalue weighted by atomic mass is 16.3. The maximum Gasteiger partial charge on any atom is 0.317 e. The molecule has 0 aromatic heterocycles. The monoisotopic (exact) mass is 238 g/mol. The standard InChI is InChI=1S/C13H22N2O2/c1-15(9-12(16)10-7-8-10)13(17)14-11-5-3-2-4-6-11/h2-3,10-12,16H,4-9H2,1H3,(H,14,17). The highest BCUT2D eigenvalue weighted by Crippen LogP contribution is 2.32. The van der Waals surface area contributed by atoms with Crippen LogP contribution in [-0.2, 0) is 0 Å². The molecule has 0 spiro atoms. The maximum absolute atomic E-state index is 11.9. The Labute approximate surface area is 103 Å². The number of aliphatic hydroxyl groups is 1. The van der Waals surface area contributed by atoms with Gasteiger partial charge in [0.1, 0.15) is 0 Å². The Bertz CT molecular complexity index is 300. The molecule has 0 saturated heterocycles. The molecule has 1 saturated carbocycles. The zero-order valence-corrected chi connectivity index (χ0v) is 10.4. The van der Waals surface area contributed by atoms with Gasteiger partial charge in [0.15, 0.2) is 0 Å². The highest BCUT2D eigenvalue weighted by Gasteiger charge is 2.31. The second-order valence-electron chi connectivity index (χ2n) is 5.22. The van der Waals surface area contributed by atoms with Gasteiger partial charge in [-0.1, -0.05) is 12.2 Å². The van der Waals surface area contributed by atoms with Gasteiger partial charge < -0.3 is 15.3 Å². The molecule has 2 N–H and O–H groups in total. The fourth-order valence-electron chi connectivity index (χ4n) is 2.20. The smallest absolute Gasteiger partial charge is 0.317 e. The van der Waals surface area contributed by atoms with E-state index in [9.17, 15) is 9.90 Å². The Morgan fingerprint density at radius 1 is 1.47 bits per heavy atom. The van der Waals surface area contributed by atoms with E-state index in [0.29, 0.717) is 12.5 Å². The van der Waals surface area contributed by atoms with Gasteiger partial charge in [0.05, 0.1) is 6.10 Å². The van der Waals surface area contributed by atoms with Gasteiger partial charge in [0, 0.05) is 19.6 Å². The van der Waals surface area contributed by atoms with E-state index in [2.05, 4.69) is 17.5 Å². The number of urea groups is 1. The van der Waals surface area contributed by atoms with Crippen LogP contribution in [0.15, 0.2) is 12.2 Å². The number of nitrogens with zero attached hydrogens (tertiary/aromatic N) is 1. The largest absolute Gasteiger partial charge is 0.391 e. The molecule has 2 aliphatic rings. The van der Waals surface area contributed by atoms with E-state index < -0.39 is 0 Å². The van der Waals surface area contributed by atoms with Gasteiger partial charge in [-0.3, -0.25) is 0 Å². The number of nitrogens with one attached hydrogen (secondary N) is 1. The minimum atomic E-state index is -0.350. The molecular weight excluding hydrogens is 216 g/mol. The van der Waals surface area contributed by atoms with Gasteiger partial charge >= 0.3 is 6.03 Å². The predicted octanol–water partition coefficient (Wildman–Crippen LogP) is 1.51. The van der Waals surface area contributed by atoms with Crippen LogP contribution < -0.4 is 5.32 Å². The van der Waals surface area contributed by atoms with E-state index in [0.717, 1.165) is 32.1 Å². The maximum atomic E-state index is 11.9. The highest BCUT2D eigenvalue weighted by molar-refractivity contribution is 5.74. The lowest BCUT2D eigenvalue weighted by molar-refractivity contribution is 0.112. The van der Waals surface area contributed by atoms with E-state index in [4.69, 9.17) is 0 Å². The fraction of sp³-hybridized carbons (Fsp3) is 0.769. The molecule has 2 rings (SSSR count). The topological polar surface area (TPSA) is 52.6 Å². The average Bonchev–Trinajstić information content (AvgIpc) is 3.14. The van der Waals surface area contributed by atoms with Crippen LogP contribution in [0.1, 0.15) is 32.1 Å². The molecule has 2 atom stereocenters. The van der Waals surface area contributed by atoms with Crippen molar-refractivity contribution in [3.8, 4) is 0 Å². The molecular formula is C13H22N2O2. The van der Waals surface area contributed by atoms with Crippen molar-refractivity contribution in [2.75, 3.05) is 13.6 Å². The number of carbonyl (C=O) groups is 1. The lowest BCUT2D eigenvalue weighted by Crippen LogP contribution is -2.46. The van der Waals surface area contributed by atoms with Crippen LogP contribution in [-0.4, -0.2) is 41.8 Å². The number of aliphatic hydroxyl groups excluding tert-OH is 1. The number of likely N-dealkylation sites (N-methyl/N-ethyl adjacent to an activating group) is 1. The first kappa shape index (κ1) is 12.4. The molecule has 0 bridgehead atoms. The van der Waals surface area contributed by atoms with E-state index in [1.54, 1.807) is 11.9 Å². The number of hydrogen-bond acceptors (Lipinski definition) is 2. The summed E-state index contributed by atoms with van der Waals surface area (Å²) >= 11 is 0. The predicted molar refractivity (Wildman–Crippen MR) is 66.7 cm³/mol. The van der Waals surface area contributed by atoms with Crippen molar-refractivity contribution in [1.82, 2.24) is 10.2 Å². The van der Waals surface area contributed by atoms with Crippen LogP contribution in [0.2, 0.25) is 0 Å². The van der Waals surface area contributed by atoms with Gasteiger partial charge in [-0.05, 0) is 38.0 Å². The van der Waals surface area contributed by atoms with Gasteiger partial charge in [0.2, 0.25) is 0 Å². The summed E-state index contributed by atoms with van der Waals surface area (Å²) in [6, 6.07) is 0.193. The number of hydrogen-bond donors (Lipinski definition) is 2. The average molecular weight is 238 g/mol. The van der Waals surface area contributed by atoms with Gasteiger partial charge in [0.25, 0.3) is 0 Å². The fourth-order valence-corrected chi connectivity index (χ4v) is 2.20. The van der Waals surface area contributed by atoms with Crippen molar-refractivity contribution in [3.63, 3.8) is 0 Å². The molecule has 0 radical (unpaired) electrons. The second-order valence-corrected chi connectivity index (χ2v) is 5.22. The zero-order chi connectivity index (χ0) is 12.3. The van der Waals surface area contributed by atoms with Gasteiger partial charge in [-0.15, -0.1) is 0 Å². The Morgan fingerprint density at radius 2 is 2.24 bits per heavy atom. The molecule has 0 heterocycles. The number of allylic oxidation sites excluding steroid dienone is 1. The Kier molecular flexibility index (Phi) is 4.05. The molecule has 96 valence electrons. The first-order valence-corrected chi connectivity index (χ1v) is 6.51. The molecule has 2 aliphatic carbocycles. The summed E-state index contributed by atoms with van der Waals surface area (Å²) < 4.78 is 0. The van der Waals surface area contributed by atoms with Crippen molar-refractivity contribution < 1.29 is 9.90 Å². The number of rotatable bonds is 4. The molecule has 0 aromatic carbocycles. The molecule has 17 heavy (non-hydrogen) atoms. The van der Waals surface area contributed by atoms with E-state index in [1.807, 2.05) is 0 Å². The Hall–Kier alpha value is -1.03. The van der Waals surface area contributed by atoms with Gasteiger partial charge in [-0.2, -0.15) is 0 Å². The lowest BCUT2D eigenvalue weighted by Gasteiger charge is -2.25. The summed E-state index contributed by atoms with van der Waals surface area (Å²) in [7, 11) is 1.75. The van der Waals surface area contributed by atoms with Crippen LogP contribution in [0.25, 0.3) is 0 Å². The third-order valence-electron chi connectivity index (χ3n) is 3.57. The number of amides is 2. The molecule has 2 unspecified atom stereocenters. The molecule has 4 heteroatoms. The third kappa shape index (κ3) is 3.73. The first-order chi connectivity index (χ1) is 8.16. The van der Waals surface area contributed by atoms with E-state index in [1.165, 1.54) is 0 Å². The van der Waals surface area contributed by atoms with Crippen molar-refractivity contribution >= 4 is 6.03 Å².